The Balaban J connectivity index is 0.603. The van der Waals surface area contributed by atoms with Crippen LogP contribution in [0.25, 0.3) is 0 Å². The normalized spacial score (nSPS) is 24.0. The highest BCUT2D eigenvalue weighted by molar-refractivity contribution is 6.23. The molecule has 2 fully saturated rings. The average molecular weight is 1210 g/mol. The molecule has 90 heavy (non-hydrogen) atoms. The fourth-order valence-corrected chi connectivity index (χ4v) is 15.3. The zero-order valence-corrected chi connectivity index (χ0v) is 54.5. The van der Waals surface area contributed by atoms with Crippen molar-refractivity contribution in [2.75, 3.05) is 13.1 Å². The molecule has 10 aliphatic heterocycles. The second kappa shape index (κ2) is 25.4. The molecule has 0 unspecified atom stereocenters. The van der Waals surface area contributed by atoms with E-state index in [9.17, 15) is 19.8 Å². The predicted octanol–water partition coefficient (Wildman–Crippen LogP) is 15.6. The summed E-state index contributed by atoms with van der Waals surface area (Å²) in [5.74, 6) is 0.910. The maximum Gasteiger partial charge on any atom is 0.220 e. The van der Waals surface area contributed by atoms with Crippen molar-refractivity contribution in [2.24, 2.45) is 53.6 Å². The Morgan fingerprint density at radius 3 is 1.26 bits per heavy atom. The molecular weight excluding hydrogens is 1120 g/mol. The summed E-state index contributed by atoms with van der Waals surface area (Å²) >= 11 is 0. The Labute approximate surface area is 531 Å². The van der Waals surface area contributed by atoms with Crippen molar-refractivity contribution in [1.29, 1.82) is 0 Å². The van der Waals surface area contributed by atoms with Crippen molar-refractivity contribution in [3.05, 3.63) is 208 Å². The zero-order chi connectivity index (χ0) is 63.4. The van der Waals surface area contributed by atoms with Gasteiger partial charge in [0.05, 0.1) is 68.5 Å². The summed E-state index contributed by atoms with van der Waals surface area (Å²) in [5.41, 5.74) is 28.5. The lowest BCUT2D eigenvalue weighted by Gasteiger charge is -2.18. The first-order valence-electron chi connectivity index (χ1n) is 33.1. The minimum atomic E-state index is 0.00717. The number of fused-ring (bicyclic) bond motifs is 10. The van der Waals surface area contributed by atoms with Crippen LogP contribution in [0.4, 0.5) is 0 Å². The minimum absolute atomic E-state index is 0.00717. The van der Waals surface area contributed by atoms with E-state index in [1.54, 1.807) is 0 Å². The zero-order valence-electron chi connectivity index (χ0n) is 54.5. The molecule has 2 saturated heterocycles. The summed E-state index contributed by atoms with van der Waals surface area (Å²) in [4.78, 5) is 58.1. The molecule has 14 nitrogen and oxygen atoms in total. The molecule has 0 aromatic rings. The Hall–Kier alpha value is -8.52. The monoisotopic (exact) mass is 1200 g/mol. The quantitative estimate of drug-likeness (QED) is 0.0618. The third-order valence-corrected chi connectivity index (χ3v) is 20.7. The number of nitrogens with one attached hydrogen (secondary N) is 4. The average Bonchev–Trinajstić information content (AvgIpc) is 2.28. The number of amides is 2. The predicted molar refractivity (Wildman–Crippen MR) is 366 cm³/mol. The van der Waals surface area contributed by atoms with E-state index in [1.165, 1.54) is 11.1 Å². The molecule has 2 aliphatic carbocycles. The van der Waals surface area contributed by atoms with Crippen molar-refractivity contribution in [1.82, 2.24) is 21.3 Å². The molecular formula is C76H88N10O4. The van der Waals surface area contributed by atoms with Gasteiger partial charge in [0.2, 0.25) is 11.8 Å². The van der Waals surface area contributed by atoms with Crippen LogP contribution in [-0.2, 0) is 9.59 Å². The molecule has 14 heteroatoms. The molecule has 0 aromatic heterocycles. The van der Waals surface area contributed by atoms with Gasteiger partial charge in [0.25, 0.3) is 0 Å². The van der Waals surface area contributed by atoms with E-state index in [1.807, 2.05) is 26.0 Å². The number of unbranched alkanes of at least 4 members (excludes halogenated alkanes) is 7. The molecule has 12 rings (SSSR count). The van der Waals surface area contributed by atoms with Crippen molar-refractivity contribution in [3.63, 3.8) is 0 Å². The van der Waals surface area contributed by atoms with E-state index in [-0.39, 0.29) is 35.5 Å². The van der Waals surface area contributed by atoms with E-state index in [2.05, 4.69) is 126 Å². The van der Waals surface area contributed by atoms with Crippen molar-refractivity contribution < 1.29 is 19.8 Å². The van der Waals surface area contributed by atoms with E-state index in [4.69, 9.17) is 30.0 Å². The smallest absolute Gasteiger partial charge is 0.220 e. The minimum Gasteiger partial charge on any atom is -0.511 e. The molecule has 0 saturated carbocycles. The number of carbonyl (C=O) groups is 2. The summed E-state index contributed by atoms with van der Waals surface area (Å²) in [6.07, 6.45) is 29.4. The van der Waals surface area contributed by atoms with Crippen LogP contribution in [0, 0.1) is 23.7 Å². The largest absolute Gasteiger partial charge is 0.511 e. The van der Waals surface area contributed by atoms with Crippen LogP contribution < -0.4 is 21.3 Å². The second-order valence-corrected chi connectivity index (χ2v) is 26.1. The SMILES string of the molecule is C=CC1=C(C)C2=NC1=CC1=NC(=CC3=C(C)C4=C(O)CC(=C5NC(=C2)[C@@H](C)[C@@H]5CCC(=O)NCCCCCCCCCCNC(=O)CC[C@@H]2C5=C6CC(O)=C7C6=NC(=C7C)C=C6N=C(C=C7N=C(C=C(N5)[C@H]2C)C(C)=C7C=C)C(C)=C6CC)C4=N3)C(CC)=C1C. The fourth-order valence-electron chi connectivity index (χ4n) is 15.3. The van der Waals surface area contributed by atoms with Crippen LogP contribution in [0.2, 0.25) is 0 Å². The summed E-state index contributed by atoms with van der Waals surface area (Å²) in [5, 5.41) is 37.2. The number of rotatable bonds is 21. The maximum atomic E-state index is 13.5. The van der Waals surface area contributed by atoms with Crippen molar-refractivity contribution >= 4 is 46.1 Å². The molecule has 0 spiro atoms. The third kappa shape index (κ3) is 11.3. The molecule has 12 aliphatic rings. The molecule has 6 N–H and O–H groups in total. The molecule has 16 bridgehead atoms. The lowest BCUT2D eigenvalue weighted by Crippen LogP contribution is -2.25. The van der Waals surface area contributed by atoms with Gasteiger partial charge >= 0.3 is 0 Å². The van der Waals surface area contributed by atoms with Gasteiger partial charge < -0.3 is 31.5 Å². The Morgan fingerprint density at radius 1 is 0.511 bits per heavy atom. The number of hydrogen-bond acceptors (Lipinski definition) is 12. The highest BCUT2D eigenvalue weighted by Crippen LogP contribution is 2.49. The molecule has 0 aromatic carbocycles. The third-order valence-electron chi connectivity index (χ3n) is 20.7. The Bertz CT molecular complexity index is 3780. The van der Waals surface area contributed by atoms with Crippen LogP contribution in [0.15, 0.2) is 238 Å². The first kappa shape index (κ1) is 61.7. The Morgan fingerprint density at radius 2 is 0.878 bits per heavy atom. The number of allylic oxidation sites excluding steroid dienone is 24. The summed E-state index contributed by atoms with van der Waals surface area (Å²) < 4.78 is 0. The molecule has 466 valence electrons. The van der Waals surface area contributed by atoms with Gasteiger partial charge in [-0.1, -0.05) is 91.5 Å². The number of aliphatic imine (C=N–C) groups is 6. The number of nitrogens with zero attached hydrogens (tertiary/aromatic N) is 6. The van der Waals surface area contributed by atoms with Gasteiger partial charge in [-0.15, -0.1) is 0 Å². The van der Waals surface area contributed by atoms with Gasteiger partial charge in [-0.25, -0.2) is 30.0 Å². The van der Waals surface area contributed by atoms with Gasteiger partial charge in [0.15, 0.2) is 0 Å². The Kier molecular flexibility index (Phi) is 17.4. The lowest BCUT2D eigenvalue weighted by molar-refractivity contribution is -0.122. The summed E-state index contributed by atoms with van der Waals surface area (Å²) in [6, 6.07) is 0. The standard InChI is InChI=1S/C76H88N10O4/c1-13-47-39(5)55-33-59-43(9)51(73(83-59)53-31-67(87)71-45(11)61(85-75(53)71)37-65-49(15-3)41(7)57(81-65)35-63(47)79-55)25-27-69(89)77-29-23-21-19-17-18-20-22-24-30-78-70(90)28-26-52-44(10)60-34-56-40(6)48(14-2)64(80-56)36-58-42(8)50(16-4)66(82-58)38-62-46(12)72-68(88)32-54(74(52)84-60)76(72)86-62/h13-14,33-38,43-44,51-52,83-84,87-88H,1-2,15-32H2,3-12H3,(H,77,89)(H,78,90)/t43-,44-,51-,52-/m0/s1. The van der Waals surface area contributed by atoms with Gasteiger partial charge in [-0.3, -0.25) is 9.59 Å². The van der Waals surface area contributed by atoms with Crippen LogP contribution >= 0.6 is 0 Å². The lowest BCUT2D eigenvalue weighted by atomic mass is 9.86. The first-order chi connectivity index (χ1) is 43.4. The fraction of sp³-hybridized carbons (Fsp3) is 0.421. The van der Waals surface area contributed by atoms with Crippen LogP contribution in [0.5, 0.6) is 0 Å². The van der Waals surface area contributed by atoms with E-state index >= 15 is 0 Å². The highest BCUT2D eigenvalue weighted by Gasteiger charge is 2.44. The van der Waals surface area contributed by atoms with Gasteiger partial charge in [0.1, 0.15) is 11.5 Å². The van der Waals surface area contributed by atoms with E-state index < -0.39 is 0 Å². The maximum absolute atomic E-state index is 13.5. The first-order valence-corrected chi connectivity index (χ1v) is 33.1. The summed E-state index contributed by atoms with van der Waals surface area (Å²) in [6.45, 7) is 30.9. The van der Waals surface area contributed by atoms with E-state index in [0.29, 0.717) is 63.1 Å². The molecule has 0 radical (unpaired) electrons. The van der Waals surface area contributed by atoms with Gasteiger partial charge in [-0.2, -0.15) is 0 Å². The van der Waals surface area contributed by atoms with Crippen LogP contribution in [-0.4, -0.2) is 69.4 Å². The van der Waals surface area contributed by atoms with E-state index in [0.717, 1.165) is 222 Å². The number of hydrogen-bond donors (Lipinski definition) is 6. The second-order valence-electron chi connectivity index (χ2n) is 26.1. The van der Waals surface area contributed by atoms with Crippen LogP contribution in [0.3, 0.4) is 0 Å². The van der Waals surface area contributed by atoms with Crippen LogP contribution in [0.1, 0.15) is 172 Å². The molecule has 10 heterocycles. The topological polar surface area (TPSA) is 197 Å². The van der Waals surface area contributed by atoms with Crippen molar-refractivity contribution in [2.45, 2.75) is 172 Å². The number of aliphatic hydroxyl groups is 2. The summed E-state index contributed by atoms with van der Waals surface area (Å²) in [7, 11) is 0. The molecule has 4 atom stereocenters. The number of aliphatic hydroxyl groups excluding tert-OH is 2. The van der Waals surface area contributed by atoms with Gasteiger partial charge in [0, 0.05) is 119 Å². The number of carbonyl (C=O) groups excluding carboxylic acids is 2. The highest BCUT2D eigenvalue weighted by atomic mass is 16.3. The van der Waals surface area contributed by atoms with Crippen molar-refractivity contribution in [3.8, 4) is 0 Å². The molecule has 2 amide bonds. The van der Waals surface area contributed by atoms with Gasteiger partial charge in [-0.05, 0) is 161 Å².